The maximum absolute atomic E-state index is 11.9. The number of carbonyl (C=O) groups is 1. The Kier molecular flexibility index (Phi) is 2.39. The van der Waals surface area contributed by atoms with Gasteiger partial charge in [0, 0.05) is 22.5 Å². The first-order chi connectivity index (χ1) is 6.10. The topological polar surface area (TPSA) is 17.1 Å². The van der Waals surface area contributed by atoms with Crippen molar-refractivity contribution < 1.29 is 4.79 Å². The Morgan fingerprint density at radius 1 is 1.46 bits per heavy atom. The van der Waals surface area contributed by atoms with E-state index in [2.05, 4.69) is 38.8 Å². The lowest BCUT2D eigenvalue weighted by Crippen LogP contribution is -2.40. The van der Waals surface area contributed by atoms with E-state index < -0.39 is 0 Å². The summed E-state index contributed by atoms with van der Waals surface area (Å²) in [5, 5.41) is 1.80. The van der Waals surface area contributed by atoms with E-state index in [0.717, 1.165) is 23.5 Å². The van der Waals surface area contributed by atoms with Crippen molar-refractivity contribution in [3.05, 3.63) is 0 Å². The van der Waals surface area contributed by atoms with Crippen LogP contribution in [0.3, 0.4) is 0 Å². The minimum atomic E-state index is -0.0544. The summed E-state index contributed by atoms with van der Waals surface area (Å²) in [7, 11) is 0. The molecule has 2 fully saturated rings. The first-order valence-electron chi connectivity index (χ1n) is 4.76. The van der Waals surface area contributed by atoms with E-state index in [1.165, 1.54) is 6.42 Å². The Balaban J connectivity index is 2.45. The number of ketones is 1. The molecular formula is C10H14Br2O. The van der Waals surface area contributed by atoms with Gasteiger partial charge in [0.15, 0.2) is 0 Å². The van der Waals surface area contributed by atoms with Crippen LogP contribution in [0, 0.1) is 16.7 Å². The molecule has 2 saturated carbocycles. The average molecular weight is 310 g/mol. The van der Waals surface area contributed by atoms with E-state index in [4.69, 9.17) is 0 Å². The molecule has 0 saturated heterocycles. The van der Waals surface area contributed by atoms with Crippen molar-refractivity contribution in [2.45, 2.75) is 26.2 Å². The van der Waals surface area contributed by atoms with E-state index in [1.54, 1.807) is 0 Å². The van der Waals surface area contributed by atoms with Gasteiger partial charge in [0.2, 0.25) is 0 Å². The van der Waals surface area contributed by atoms with Crippen LogP contribution in [0.15, 0.2) is 0 Å². The average Bonchev–Trinajstić information content (AvgIpc) is 2.53. The second kappa shape index (κ2) is 3.06. The van der Waals surface area contributed by atoms with Gasteiger partial charge in [-0.05, 0) is 24.2 Å². The van der Waals surface area contributed by atoms with Gasteiger partial charge in [-0.3, -0.25) is 4.79 Å². The molecule has 0 N–H and O–H groups in total. The monoisotopic (exact) mass is 308 g/mol. The van der Waals surface area contributed by atoms with Crippen molar-refractivity contribution in [2.75, 3.05) is 10.7 Å². The van der Waals surface area contributed by atoms with Gasteiger partial charge in [-0.25, -0.2) is 0 Å². The smallest absolute Gasteiger partial charge is 0.140 e. The quantitative estimate of drug-likeness (QED) is 0.716. The fourth-order valence-corrected chi connectivity index (χ4v) is 5.38. The number of hydrogen-bond acceptors (Lipinski definition) is 1. The van der Waals surface area contributed by atoms with Gasteiger partial charge in [0.25, 0.3) is 0 Å². The van der Waals surface area contributed by atoms with E-state index in [1.807, 2.05) is 0 Å². The highest BCUT2D eigenvalue weighted by Crippen LogP contribution is 2.65. The summed E-state index contributed by atoms with van der Waals surface area (Å²) in [5.41, 5.74) is 0.148. The summed E-state index contributed by atoms with van der Waals surface area (Å²) in [6.45, 7) is 2.27. The van der Waals surface area contributed by atoms with Crippen LogP contribution in [-0.4, -0.2) is 16.4 Å². The van der Waals surface area contributed by atoms with Crippen molar-refractivity contribution in [3.63, 3.8) is 0 Å². The maximum atomic E-state index is 11.9. The first kappa shape index (κ1) is 10.2. The van der Waals surface area contributed by atoms with Crippen LogP contribution >= 0.6 is 31.9 Å². The Hall–Kier alpha value is 0.630. The highest BCUT2D eigenvalue weighted by Gasteiger charge is 2.65. The third-order valence-corrected chi connectivity index (χ3v) is 6.51. The SMILES string of the molecule is C[C@@]1(CBr)[C@H]2CC[C@]1(CBr)C(=O)C2. The van der Waals surface area contributed by atoms with Gasteiger partial charge < -0.3 is 0 Å². The Labute approximate surface area is 95.9 Å². The fourth-order valence-electron chi connectivity index (χ4n) is 3.15. The molecule has 0 radical (unpaired) electrons. The number of fused-ring (bicyclic) bond motifs is 2. The van der Waals surface area contributed by atoms with Gasteiger partial charge in [-0.15, -0.1) is 0 Å². The summed E-state index contributed by atoms with van der Waals surface area (Å²) in [6, 6.07) is 0. The van der Waals surface area contributed by atoms with Crippen molar-refractivity contribution in [3.8, 4) is 0 Å². The van der Waals surface area contributed by atoms with Crippen molar-refractivity contribution in [2.24, 2.45) is 16.7 Å². The summed E-state index contributed by atoms with van der Waals surface area (Å²) < 4.78 is 0. The van der Waals surface area contributed by atoms with Crippen LogP contribution in [0.5, 0.6) is 0 Å². The molecule has 0 aromatic heterocycles. The Bertz CT molecular complexity index is 253. The lowest BCUT2D eigenvalue weighted by molar-refractivity contribution is -0.127. The minimum absolute atomic E-state index is 0.0544. The molecule has 2 aliphatic carbocycles. The molecule has 0 aliphatic heterocycles. The van der Waals surface area contributed by atoms with Gasteiger partial charge in [0.05, 0.1) is 0 Å². The van der Waals surface area contributed by atoms with Crippen molar-refractivity contribution >= 4 is 37.6 Å². The van der Waals surface area contributed by atoms with E-state index in [0.29, 0.717) is 11.7 Å². The number of alkyl halides is 2. The zero-order valence-electron chi connectivity index (χ0n) is 7.78. The van der Waals surface area contributed by atoms with Gasteiger partial charge >= 0.3 is 0 Å². The molecule has 2 aliphatic rings. The Morgan fingerprint density at radius 2 is 2.15 bits per heavy atom. The second-order valence-corrected chi connectivity index (χ2v) is 5.75. The first-order valence-corrected chi connectivity index (χ1v) is 7.00. The standard InChI is InChI=1S/C10H14Br2O/c1-9(5-11)7-2-3-10(9,6-12)8(13)4-7/h7H,2-6H2,1H3/t7-,9+,10-/m0/s1. The number of rotatable bonds is 2. The lowest BCUT2D eigenvalue weighted by Gasteiger charge is -2.36. The molecule has 2 bridgehead atoms. The highest BCUT2D eigenvalue weighted by molar-refractivity contribution is 9.09. The molecule has 3 heteroatoms. The van der Waals surface area contributed by atoms with Crippen LogP contribution < -0.4 is 0 Å². The van der Waals surface area contributed by atoms with E-state index >= 15 is 0 Å². The molecule has 0 heterocycles. The summed E-state index contributed by atoms with van der Waals surface area (Å²) in [5.74, 6) is 1.11. The lowest BCUT2D eigenvalue weighted by atomic mass is 9.70. The third kappa shape index (κ3) is 1.01. The molecule has 74 valence electrons. The molecular weight excluding hydrogens is 296 g/mol. The number of Topliss-reactive ketones (excluding diaryl/α,β-unsaturated/α-hetero) is 1. The molecule has 2 rings (SSSR count). The largest absolute Gasteiger partial charge is 0.299 e. The molecule has 1 nitrogen and oxygen atoms in total. The summed E-state index contributed by atoms with van der Waals surface area (Å²) in [6.07, 6.45) is 3.14. The maximum Gasteiger partial charge on any atom is 0.140 e. The van der Waals surface area contributed by atoms with Crippen LogP contribution in [0.1, 0.15) is 26.2 Å². The molecule has 0 spiro atoms. The summed E-state index contributed by atoms with van der Waals surface area (Å²) in [4.78, 5) is 11.9. The molecule has 0 aromatic carbocycles. The zero-order chi connectivity index (χ0) is 9.69. The predicted octanol–water partition coefficient (Wildman–Crippen LogP) is 3.15. The Morgan fingerprint density at radius 3 is 2.54 bits per heavy atom. The van der Waals surface area contributed by atoms with Crippen LogP contribution in [0.4, 0.5) is 0 Å². The molecule has 3 atom stereocenters. The zero-order valence-corrected chi connectivity index (χ0v) is 10.9. The normalized spacial score (nSPS) is 48.8. The number of carbonyl (C=O) groups excluding carboxylic acids is 1. The van der Waals surface area contributed by atoms with E-state index in [-0.39, 0.29) is 10.8 Å². The number of hydrogen-bond donors (Lipinski definition) is 0. The van der Waals surface area contributed by atoms with Crippen molar-refractivity contribution in [1.29, 1.82) is 0 Å². The predicted molar refractivity (Wildman–Crippen MR) is 60.5 cm³/mol. The van der Waals surface area contributed by atoms with Crippen LogP contribution in [-0.2, 0) is 4.79 Å². The van der Waals surface area contributed by atoms with Gasteiger partial charge in [-0.1, -0.05) is 38.8 Å². The molecule has 0 amide bonds. The van der Waals surface area contributed by atoms with E-state index in [9.17, 15) is 4.79 Å². The molecule has 0 unspecified atom stereocenters. The minimum Gasteiger partial charge on any atom is -0.299 e. The summed E-state index contributed by atoms with van der Waals surface area (Å²) >= 11 is 7.12. The number of halogens is 2. The molecule has 13 heavy (non-hydrogen) atoms. The highest BCUT2D eigenvalue weighted by atomic mass is 79.9. The van der Waals surface area contributed by atoms with Crippen molar-refractivity contribution in [1.82, 2.24) is 0 Å². The third-order valence-electron chi connectivity index (χ3n) is 4.39. The fraction of sp³-hybridized carbons (Fsp3) is 0.900. The van der Waals surface area contributed by atoms with Gasteiger partial charge in [-0.2, -0.15) is 0 Å². The van der Waals surface area contributed by atoms with Gasteiger partial charge in [0.1, 0.15) is 5.78 Å². The second-order valence-electron chi connectivity index (χ2n) is 4.63. The molecule has 0 aromatic rings. The van der Waals surface area contributed by atoms with Crippen LogP contribution in [0.2, 0.25) is 0 Å². The van der Waals surface area contributed by atoms with Crippen LogP contribution in [0.25, 0.3) is 0 Å².